The number of nitrogens with zero attached hydrogens (tertiary/aromatic N) is 4. The van der Waals surface area contributed by atoms with E-state index in [9.17, 15) is 4.79 Å². The van der Waals surface area contributed by atoms with Gasteiger partial charge in [-0.3, -0.25) is 9.78 Å². The first-order chi connectivity index (χ1) is 11.6. The number of pyridine rings is 2. The Morgan fingerprint density at radius 3 is 2.54 bits per heavy atom. The fourth-order valence-electron chi connectivity index (χ4n) is 2.24. The molecule has 0 radical (unpaired) electrons. The molecule has 24 heavy (non-hydrogen) atoms. The van der Waals surface area contributed by atoms with Crippen LogP contribution in [0.3, 0.4) is 0 Å². The Bertz CT molecular complexity index is 645. The smallest absolute Gasteiger partial charge is 0.253 e. The summed E-state index contributed by atoms with van der Waals surface area (Å²) in [6, 6.07) is 7.50. The van der Waals surface area contributed by atoms with Crippen LogP contribution in [0.4, 0.5) is 5.82 Å². The van der Waals surface area contributed by atoms with Gasteiger partial charge < -0.3 is 15.1 Å². The van der Waals surface area contributed by atoms with Crippen LogP contribution >= 0.6 is 0 Å². The monoisotopic (exact) mass is 327 g/mol. The number of carbonyl (C=O) groups excluding carboxylic acids is 1. The molecule has 0 unspecified atom stereocenters. The number of aromatic nitrogens is 2. The van der Waals surface area contributed by atoms with Crippen molar-refractivity contribution in [2.45, 2.75) is 6.42 Å². The van der Waals surface area contributed by atoms with Gasteiger partial charge in [0.1, 0.15) is 5.82 Å². The van der Waals surface area contributed by atoms with Crippen LogP contribution in [0.5, 0.6) is 0 Å². The lowest BCUT2D eigenvalue weighted by Crippen LogP contribution is -2.29. The van der Waals surface area contributed by atoms with E-state index in [1.165, 1.54) is 5.56 Å². The van der Waals surface area contributed by atoms with E-state index >= 15 is 0 Å². The highest BCUT2D eigenvalue weighted by atomic mass is 16.2. The molecule has 0 spiro atoms. The molecule has 2 rings (SSSR count). The summed E-state index contributed by atoms with van der Waals surface area (Å²) in [6.07, 6.45) is 6.02. The van der Waals surface area contributed by atoms with E-state index in [4.69, 9.17) is 0 Å². The van der Waals surface area contributed by atoms with Gasteiger partial charge in [-0.25, -0.2) is 4.98 Å². The van der Waals surface area contributed by atoms with Crippen molar-refractivity contribution in [3.63, 3.8) is 0 Å². The Kier molecular flexibility index (Phi) is 6.69. The van der Waals surface area contributed by atoms with Crippen LogP contribution in [0.2, 0.25) is 0 Å². The van der Waals surface area contributed by atoms with Crippen LogP contribution in [0.25, 0.3) is 0 Å². The molecule has 0 aliphatic rings. The summed E-state index contributed by atoms with van der Waals surface area (Å²) < 4.78 is 0. The van der Waals surface area contributed by atoms with Gasteiger partial charge in [-0.1, -0.05) is 0 Å². The molecule has 0 aliphatic heterocycles. The third-order valence-corrected chi connectivity index (χ3v) is 3.70. The highest BCUT2D eigenvalue weighted by molar-refractivity contribution is 5.94. The number of rotatable bonds is 8. The van der Waals surface area contributed by atoms with Crippen molar-refractivity contribution < 1.29 is 4.79 Å². The van der Waals surface area contributed by atoms with Crippen LogP contribution in [0.15, 0.2) is 42.9 Å². The minimum atomic E-state index is 0.00196. The predicted octanol–water partition coefficient (Wildman–Crippen LogP) is 1.76. The summed E-state index contributed by atoms with van der Waals surface area (Å²) in [4.78, 5) is 24.6. The molecule has 0 aliphatic carbocycles. The molecule has 0 atom stereocenters. The van der Waals surface area contributed by atoms with Crippen LogP contribution in [0, 0.1) is 0 Å². The summed E-state index contributed by atoms with van der Waals surface area (Å²) in [7, 11) is 5.86. The highest BCUT2D eigenvalue weighted by Gasteiger charge is 2.12. The van der Waals surface area contributed by atoms with Gasteiger partial charge in [0.2, 0.25) is 0 Å². The van der Waals surface area contributed by atoms with E-state index in [0.29, 0.717) is 12.1 Å². The van der Waals surface area contributed by atoms with E-state index in [1.54, 1.807) is 35.6 Å². The first-order valence-corrected chi connectivity index (χ1v) is 8.05. The van der Waals surface area contributed by atoms with Crippen molar-refractivity contribution in [3.8, 4) is 0 Å². The number of carbonyl (C=O) groups is 1. The molecule has 2 heterocycles. The molecule has 0 fully saturated rings. The second kappa shape index (κ2) is 8.98. The van der Waals surface area contributed by atoms with Gasteiger partial charge in [0.25, 0.3) is 5.91 Å². The van der Waals surface area contributed by atoms with Gasteiger partial charge in [0, 0.05) is 50.8 Å². The normalized spacial score (nSPS) is 10.7. The molecule has 0 saturated carbocycles. The topological polar surface area (TPSA) is 61.4 Å². The van der Waals surface area contributed by atoms with Crippen molar-refractivity contribution in [1.29, 1.82) is 0 Å². The SMILES string of the molecule is CN(C)CCNc1cc(C(=O)N(C)CCc2ccncc2)ccn1. The molecule has 128 valence electrons. The van der Waals surface area contributed by atoms with E-state index in [1.807, 2.05) is 33.3 Å². The molecule has 1 N–H and O–H groups in total. The number of likely N-dealkylation sites (N-methyl/N-ethyl adjacent to an activating group) is 2. The van der Waals surface area contributed by atoms with Gasteiger partial charge in [-0.15, -0.1) is 0 Å². The molecular formula is C18H25N5O. The largest absolute Gasteiger partial charge is 0.369 e. The zero-order valence-corrected chi connectivity index (χ0v) is 14.6. The standard InChI is InChI=1S/C18H25N5O/c1-22(2)13-11-21-17-14-16(6-10-20-17)18(24)23(3)12-7-15-4-8-19-9-5-15/h4-6,8-10,14H,7,11-13H2,1-3H3,(H,20,21). The lowest BCUT2D eigenvalue weighted by molar-refractivity contribution is 0.0796. The molecule has 6 nitrogen and oxygen atoms in total. The average Bonchev–Trinajstić information content (AvgIpc) is 2.60. The molecule has 2 aromatic rings. The molecule has 2 aromatic heterocycles. The third kappa shape index (κ3) is 5.62. The molecule has 0 bridgehead atoms. The highest BCUT2D eigenvalue weighted by Crippen LogP contribution is 2.10. The lowest BCUT2D eigenvalue weighted by atomic mass is 10.2. The molecule has 0 aromatic carbocycles. The van der Waals surface area contributed by atoms with Crippen molar-refractivity contribution in [3.05, 3.63) is 54.0 Å². The van der Waals surface area contributed by atoms with Gasteiger partial charge in [0.05, 0.1) is 0 Å². The Hall–Kier alpha value is -2.47. The van der Waals surface area contributed by atoms with Gasteiger partial charge in [-0.2, -0.15) is 0 Å². The van der Waals surface area contributed by atoms with E-state index in [-0.39, 0.29) is 5.91 Å². The van der Waals surface area contributed by atoms with Crippen molar-refractivity contribution in [1.82, 2.24) is 19.8 Å². The molecular weight excluding hydrogens is 302 g/mol. The van der Waals surface area contributed by atoms with E-state index in [2.05, 4.69) is 20.2 Å². The first-order valence-electron chi connectivity index (χ1n) is 8.05. The number of hydrogen-bond acceptors (Lipinski definition) is 5. The fraction of sp³-hybridized carbons (Fsp3) is 0.389. The Balaban J connectivity index is 1.90. The second-order valence-electron chi connectivity index (χ2n) is 5.99. The minimum Gasteiger partial charge on any atom is -0.369 e. The Labute approximate surface area is 143 Å². The van der Waals surface area contributed by atoms with Gasteiger partial charge in [-0.05, 0) is 50.3 Å². The summed E-state index contributed by atoms with van der Waals surface area (Å²) in [5.41, 5.74) is 1.82. The van der Waals surface area contributed by atoms with Crippen LogP contribution < -0.4 is 5.32 Å². The zero-order chi connectivity index (χ0) is 17.4. The van der Waals surface area contributed by atoms with E-state index in [0.717, 1.165) is 25.3 Å². The van der Waals surface area contributed by atoms with E-state index < -0.39 is 0 Å². The maximum Gasteiger partial charge on any atom is 0.253 e. The zero-order valence-electron chi connectivity index (χ0n) is 14.6. The number of anilines is 1. The lowest BCUT2D eigenvalue weighted by Gasteiger charge is -2.18. The molecule has 6 heteroatoms. The molecule has 1 amide bonds. The van der Waals surface area contributed by atoms with Crippen LogP contribution in [-0.2, 0) is 6.42 Å². The summed E-state index contributed by atoms with van der Waals surface area (Å²) in [5, 5.41) is 3.24. The predicted molar refractivity (Wildman–Crippen MR) is 96.2 cm³/mol. The molecule has 0 saturated heterocycles. The van der Waals surface area contributed by atoms with Crippen molar-refractivity contribution in [2.24, 2.45) is 0 Å². The Morgan fingerprint density at radius 1 is 1.08 bits per heavy atom. The maximum atomic E-state index is 12.5. The fourth-order valence-corrected chi connectivity index (χ4v) is 2.24. The summed E-state index contributed by atoms with van der Waals surface area (Å²) >= 11 is 0. The number of nitrogens with one attached hydrogen (secondary N) is 1. The summed E-state index contributed by atoms with van der Waals surface area (Å²) in [5.74, 6) is 0.729. The second-order valence-corrected chi connectivity index (χ2v) is 5.99. The quantitative estimate of drug-likeness (QED) is 0.800. The average molecular weight is 327 g/mol. The third-order valence-electron chi connectivity index (χ3n) is 3.70. The van der Waals surface area contributed by atoms with Crippen molar-refractivity contribution >= 4 is 11.7 Å². The van der Waals surface area contributed by atoms with Gasteiger partial charge >= 0.3 is 0 Å². The van der Waals surface area contributed by atoms with Crippen LogP contribution in [0.1, 0.15) is 15.9 Å². The number of amides is 1. The van der Waals surface area contributed by atoms with Gasteiger partial charge in [0.15, 0.2) is 0 Å². The minimum absolute atomic E-state index is 0.00196. The van der Waals surface area contributed by atoms with Crippen LogP contribution in [-0.4, -0.2) is 66.5 Å². The number of hydrogen-bond donors (Lipinski definition) is 1. The first kappa shape index (κ1) is 17.9. The Morgan fingerprint density at radius 2 is 1.83 bits per heavy atom. The maximum absolute atomic E-state index is 12.5. The summed E-state index contributed by atoms with van der Waals surface area (Å²) in [6.45, 7) is 2.36. The van der Waals surface area contributed by atoms with Crippen molar-refractivity contribution in [2.75, 3.05) is 46.1 Å².